The summed E-state index contributed by atoms with van der Waals surface area (Å²) in [5.41, 5.74) is 6.33. The van der Waals surface area contributed by atoms with E-state index in [-0.39, 0.29) is 5.69 Å². The van der Waals surface area contributed by atoms with Crippen molar-refractivity contribution in [1.82, 2.24) is 9.97 Å². The van der Waals surface area contributed by atoms with E-state index in [1.807, 2.05) is 6.92 Å². The first-order chi connectivity index (χ1) is 8.97. The highest BCUT2D eigenvalue weighted by Gasteiger charge is 2.15. The van der Waals surface area contributed by atoms with Crippen molar-refractivity contribution in [1.29, 1.82) is 0 Å². The first-order valence-corrected chi connectivity index (χ1v) is 6.08. The van der Waals surface area contributed by atoms with E-state index in [1.54, 1.807) is 12.4 Å². The Bertz CT molecular complexity index is 632. The fraction of sp³-hybridized carbons (Fsp3) is 0.0833. The van der Waals surface area contributed by atoms with Crippen LogP contribution in [-0.2, 0) is 0 Å². The lowest BCUT2D eigenvalue weighted by Crippen LogP contribution is -2.03. The van der Waals surface area contributed by atoms with Gasteiger partial charge in [-0.25, -0.2) is 19.2 Å². The maximum Gasteiger partial charge on any atom is 0.338 e. The zero-order chi connectivity index (χ0) is 14.0. The number of aromatic carboxylic acids is 1. The van der Waals surface area contributed by atoms with E-state index in [9.17, 15) is 9.18 Å². The highest BCUT2D eigenvalue weighted by molar-refractivity contribution is 7.99. The predicted octanol–water partition coefficient (Wildman–Crippen LogP) is 2.36. The molecule has 98 valence electrons. The highest BCUT2D eigenvalue weighted by Crippen LogP contribution is 2.31. The molecule has 19 heavy (non-hydrogen) atoms. The summed E-state index contributed by atoms with van der Waals surface area (Å²) in [5.74, 6) is -2.19. The molecule has 1 heterocycles. The van der Waals surface area contributed by atoms with Crippen LogP contribution in [0.1, 0.15) is 15.9 Å². The predicted molar refractivity (Wildman–Crippen MR) is 68.7 cm³/mol. The average molecular weight is 279 g/mol. The van der Waals surface area contributed by atoms with Gasteiger partial charge in [0, 0.05) is 23.0 Å². The molecule has 1 aromatic heterocycles. The third-order valence-electron chi connectivity index (χ3n) is 2.29. The van der Waals surface area contributed by atoms with Crippen LogP contribution in [0.2, 0.25) is 0 Å². The molecule has 7 heteroatoms. The Balaban J connectivity index is 2.33. The van der Waals surface area contributed by atoms with Gasteiger partial charge in [0.15, 0.2) is 5.16 Å². The van der Waals surface area contributed by atoms with Gasteiger partial charge in [-0.3, -0.25) is 0 Å². The van der Waals surface area contributed by atoms with Crippen molar-refractivity contribution in [3.05, 3.63) is 41.5 Å². The quantitative estimate of drug-likeness (QED) is 0.662. The van der Waals surface area contributed by atoms with Crippen molar-refractivity contribution in [3.63, 3.8) is 0 Å². The summed E-state index contributed by atoms with van der Waals surface area (Å²) in [4.78, 5) is 19.3. The average Bonchev–Trinajstić information content (AvgIpc) is 2.35. The van der Waals surface area contributed by atoms with E-state index in [2.05, 4.69) is 9.97 Å². The van der Waals surface area contributed by atoms with Crippen molar-refractivity contribution < 1.29 is 14.3 Å². The molecule has 0 saturated heterocycles. The maximum atomic E-state index is 13.6. The molecule has 0 radical (unpaired) electrons. The van der Waals surface area contributed by atoms with Crippen LogP contribution < -0.4 is 5.73 Å². The number of carbonyl (C=O) groups is 1. The van der Waals surface area contributed by atoms with Crippen LogP contribution in [0.5, 0.6) is 0 Å². The summed E-state index contributed by atoms with van der Waals surface area (Å²) in [7, 11) is 0. The van der Waals surface area contributed by atoms with Crippen LogP contribution >= 0.6 is 11.8 Å². The Morgan fingerprint density at radius 2 is 2.00 bits per heavy atom. The molecule has 2 rings (SSSR count). The van der Waals surface area contributed by atoms with Crippen molar-refractivity contribution in [2.75, 3.05) is 5.73 Å². The second-order valence-corrected chi connectivity index (χ2v) is 4.83. The van der Waals surface area contributed by atoms with Crippen molar-refractivity contribution in [2.24, 2.45) is 0 Å². The number of nitrogens with two attached hydrogens (primary N) is 1. The number of nitrogens with zero attached hydrogens (tertiary/aromatic N) is 2. The van der Waals surface area contributed by atoms with Crippen LogP contribution in [0, 0.1) is 12.7 Å². The number of benzene rings is 1. The van der Waals surface area contributed by atoms with Crippen LogP contribution in [-0.4, -0.2) is 21.0 Å². The molecule has 0 atom stereocenters. The fourth-order valence-electron chi connectivity index (χ4n) is 1.36. The summed E-state index contributed by atoms with van der Waals surface area (Å²) >= 11 is 1.08. The van der Waals surface area contributed by atoms with Gasteiger partial charge in [-0.05, 0) is 36.4 Å². The van der Waals surface area contributed by atoms with Gasteiger partial charge in [-0.2, -0.15) is 0 Å². The van der Waals surface area contributed by atoms with E-state index < -0.39 is 17.3 Å². The van der Waals surface area contributed by atoms with Crippen LogP contribution in [0.25, 0.3) is 0 Å². The number of hydrogen-bond donors (Lipinski definition) is 2. The molecule has 0 unspecified atom stereocenters. The molecule has 0 saturated carbocycles. The lowest BCUT2D eigenvalue weighted by atomic mass is 10.2. The fourth-order valence-corrected chi connectivity index (χ4v) is 2.10. The molecule has 0 aliphatic carbocycles. The van der Waals surface area contributed by atoms with E-state index in [4.69, 9.17) is 10.8 Å². The number of carboxylic acid groups (broad SMARTS) is 1. The second-order valence-electron chi connectivity index (χ2n) is 3.82. The zero-order valence-electron chi connectivity index (χ0n) is 9.92. The molecule has 3 N–H and O–H groups in total. The molecular formula is C12H10FN3O2S. The van der Waals surface area contributed by atoms with Gasteiger partial charge in [0.05, 0.1) is 5.56 Å². The smallest absolute Gasteiger partial charge is 0.338 e. The largest absolute Gasteiger partial charge is 0.478 e. The molecule has 0 bridgehead atoms. The van der Waals surface area contributed by atoms with Gasteiger partial charge >= 0.3 is 5.97 Å². The Labute approximate surface area is 112 Å². The molecule has 0 spiro atoms. The van der Waals surface area contributed by atoms with Gasteiger partial charge in [0.1, 0.15) is 5.82 Å². The van der Waals surface area contributed by atoms with Crippen LogP contribution in [0.15, 0.2) is 34.6 Å². The summed E-state index contributed by atoms with van der Waals surface area (Å²) in [5, 5.41) is 9.19. The van der Waals surface area contributed by atoms with Gasteiger partial charge < -0.3 is 10.8 Å². The number of halogens is 1. The number of aromatic nitrogens is 2. The number of carboxylic acids is 1. The first kappa shape index (κ1) is 13.3. The first-order valence-electron chi connectivity index (χ1n) is 5.26. The molecule has 0 aliphatic heterocycles. The number of nitrogen functional groups attached to an aromatic ring is 1. The van der Waals surface area contributed by atoms with E-state index in [0.29, 0.717) is 10.1 Å². The molecule has 1 aromatic carbocycles. The number of rotatable bonds is 3. The van der Waals surface area contributed by atoms with Gasteiger partial charge in [0.2, 0.25) is 0 Å². The number of anilines is 1. The topological polar surface area (TPSA) is 89.1 Å². The van der Waals surface area contributed by atoms with E-state index >= 15 is 0 Å². The third kappa shape index (κ3) is 3.00. The van der Waals surface area contributed by atoms with Crippen LogP contribution in [0.4, 0.5) is 10.1 Å². The van der Waals surface area contributed by atoms with E-state index in [1.165, 1.54) is 0 Å². The molecule has 0 amide bonds. The molecule has 5 nitrogen and oxygen atoms in total. The SMILES string of the molecule is Cc1cnc(Sc2cc(F)c(C(=O)O)cc2N)nc1. The molecule has 2 aromatic rings. The highest BCUT2D eigenvalue weighted by atomic mass is 32.2. The van der Waals surface area contributed by atoms with Crippen molar-refractivity contribution >= 4 is 23.4 Å². The lowest BCUT2D eigenvalue weighted by molar-refractivity contribution is 0.0692. The normalized spacial score (nSPS) is 10.4. The number of hydrogen-bond acceptors (Lipinski definition) is 5. The van der Waals surface area contributed by atoms with Crippen molar-refractivity contribution in [2.45, 2.75) is 17.0 Å². The minimum atomic E-state index is -1.35. The van der Waals surface area contributed by atoms with Crippen LogP contribution in [0.3, 0.4) is 0 Å². The zero-order valence-corrected chi connectivity index (χ0v) is 10.7. The van der Waals surface area contributed by atoms with Gasteiger partial charge in [-0.1, -0.05) is 0 Å². The minimum absolute atomic E-state index is 0.174. The van der Waals surface area contributed by atoms with Gasteiger partial charge in [-0.15, -0.1) is 0 Å². The Morgan fingerprint density at radius 1 is 1.37 bits per heavy atom. The minimum Gasteiger partial charge on any atom is -0.478 e. The Kier molecular flexibility index (Phi) is 3.66. The van der Waals surface area contributed by atoms with E-state index in [0.717, 1.165) is 29.5 Å². The number of aryl methyl sites for hydroxylation is 1. The molecule has 0 fully saturated rings. The van der Waals surface area contributed by atoms with Crippen molar-refractivity contribution in [3.8, 4) is 0 Å². The molecular weight excluding hydrogens is 269 g/mol. The standard InChI is InChI=1S/C12H10FN3O2S/c1-6-4-15-12(16-5-6)19-10-3-8(13)7(11(17)18)2-9(10)14/h2-5H,14H2,1H3,(H,17,18). The summed E-state index contributed by atoms with van der Waals surface area (Å²) in [6, 6.07) is 2.17. The Morgan fingerprint density at radius 3 is 2.58 bits per heavy atom. The second kappa shape index (κ2) is 5.23. The summed E-state index contributed by atoms with van der Waals surface area (Å²) in [6.07, 6.45) is 3.26. The van der Waals surface area contributed by atoms with Gasteiger partial charge in [0.25, 0.3) is 0 Å². The maximum absolute atomic E-state index is 13.6. The summed E-state index contributed by atoms with van der Waals surface area (Å²) in [6.45, 7) is 1.85. The summed E-state index contributed by atoms with van der Waals surface area (Å²) < 4.78 is 13.6. The molecule has 0 aliphatic rings. The third-order valence-corrected chi connectivity index (χ3v) is 3.26. The Hall–Kier alpha value is -2.15. The lowest BCUT2D eigenvalue weighted by Gasteiger charge is -2.06. The monoisotopic (exact) mass is 279 g/mol.